The minimum Gasteiger partial charge on any atom is -0.408 e. The number of hydrogen-bond donors (Lipinski definition) is 1. The van der Waals surface area contributed by atoms with Gasteiger partial charge in [0.05, 0.1) is 12.1 Å². The normalized spacial score (nSPS) is 14.9. The van der Waals surface area contributed by atoms with Gasteiger partial charge in [-0.05, 0) is 43.1 Å². The fraction of sp³-hybridized carbons (Fsp3) is 0.385. The molecule has 0 radical (unpaired) electrons. The lowest BCUT2D eigenvalue weighted by atomic mass is 10.2. The van der Waals surface area contributed by atoms with E-state index in [4.69, 9.17) is 8.94 Å². The van der Waals surface area contributed by atoms with Crippen LogP contribution >= 0.6 is 0 Å². The minimum atomic E-state index is -0.507. The Morgan fingerprint density at radius 2 is 1.81 bits per heavy atom. The summed E-state index contributed by atoms with van der Waals surface area (Å²) in [7, 11) is 0. The molecule has 10 nitrogen and oxygen atoms in total. The first-order chi connectivity index (χ1) is 17.5. The molecule has 36 heavy (non-hydrogen) atoms. The summed E-state index contributed by atoms with van der Waals surface area (Å²) in [6.07, 6.45) is 0.834. The van der Waals surface area contributed by atoms with Crippen LogP contribution in [0.25, 0.3) is 11.1 Å². The molecule has 188 valence electrons. The average molecular weight is 491 g/mol. The summed E-state index contributed by atoms with van der Waals surface area (Å²) in [6, 6.07) is 16.0. The first kappa shape index (κ1) is 24.0. The molecule has 1 aliphatic heterocycles. The number of carbonyl (C=O) groups excluding carboxylic acids is 1. The lowest BCUT2D eigenvalue weighted by Crippen LogP contribution is -2.46. The maximum absolute atomic E-state index is 12.4. The molecule has 0 atom stereocenters. The molecule has 3 heterocycles. The van der Waals surface area contributed by atoms with Gasteiger partial charge in [0.1, 0.15) is 0 Å². The molecule has 1 fully saturated rings. The number of oxazole rings is 1. The summed E-state index contributed by atoms with van der Waals surface area (Å²) in [6.45, 7) is 8.55. The van der Waals surface area contributed by atoms with E-state index in [1.54, 1.807) is 6.07 Å². The van der Waals surface area contributed by atoms with Crippen molar-refractivity contribution in [2.45, 2.75) is 26.4 Å². The summed E-state index contributed by atoms with van der Waals surface area (Å²) in [4.78, 5) is 33.7. The molecule has 1 saturated heterocycles. The maximum Gasteiger partial charge on any atom is 0.420 e. The van der Waals surface area contributed by atoms with Crippen molar-refractivity contribution in [3.63, 3.8) is 0 Å². The summed E-state index contributed by atoms with van der Waals surface area (Å²) in [5, 5.41) is 6.70. The molecule has 5 rings (SSSR count). The number of benzene rings is 2. The van der Waals surface area contributed by atoms with Crippen molar-refractivity contribution < 1.29 is 13.7 Å². The number of carbonyl (C=O) groups is 1. The van der Waals surface area contributed by atoms with Crippen molar-refractivity contribution in [1.82, 2.24) is 29.8 Å². The third-order valence-electron chi connectivity index (χ3n) is 6.44. The molecule has 1 aliphatic rings. The monoisotopic (exact) mass is 490 g/mol. The minimum absolute atomic E-state index is 0.0579. The van der Waals surface area contributed by atoms with Gasteiger partial charge in [-0.2, -0.15) is 4.98 Å². The highest BCUT2D eigenvalue weighted by Gasteiger charge is 2.19. The van der Waals surface area contributed by atoms with Crippen molar-refractivity contribution in [2.24, 2.45) is 0 Å². The van der Waals surface area contributed by atoms with E-state index in [-0.39, 0.29) is 18.3 Å². The second-order valence-electron chi connectivity index (χ2n) is 9.15. The van der Waals surface area contributed by atoms with E-state index < -0.39 is 11.7 Å². The van der Waals surface area contributed by atoms with Crippen LogP contribution in [0.5, 0.6) is 0 Å². The Morgan fingerprint density at radius 3 is 2.61 bits per heavy atom. The van der Waals surface area contributed by atoms with Crippen LogP contribution < -0.4 is 11.1 Å². The summed E-state index contributed by atoms with van der Waals surface area (Å²) in [5.74, 6) is -0.801. The zero-order chi connectivity index (χ0) is 24.9. The van der Waals surface area contributed by atoms with Crippen molar-refractivity contribution in [2.75, 3.05) is 39.3 Å². The summed E-state index contributed by atoms with van der Waals surface area (Å²) >= 11 is 0. The van der Waals surface area contributed by atoms with E-state index >= 15 is 0 Å². The molecule has 0 aliphatic carbocycles. The highest BCUT2D eigenvalue weighted by atomic mass is 16.5. The van der Waals surface area contributed by atoms with E-state index in [1.807, 2.05) is 25.1 Å². The smallest absolute Gasteiger partial charge is 0.408 e. The predicted octanol–water partition coefficient (Wildman–Crippen LogP) is 2.27. The Morgan fingerprint density at radius 1 is 1.03 bits per heavy atom. The number of fused-ring (bicyclic) bond motifs is 1. The van der Waals surface area contributed by atoms with Gasteiger partial charge in [0.25, 0.3) is 0 Å². The largest absolute Gasteiger partial charge is 0.420 e. The highest BCUT2D eigenvalue weighted by Crippen LogP contribution is 2.15. The second kappa shape index (κ2) is 10.9. The van der Waals surface area contributed by atoms with E-state index in [0.717, 1.165) is 51.3 Å². The Balaban J connectivity index is 1.05. The molecule has 0 spiro atoms. The van der Waals surface area contributed by atoms with Crippen LogP contribution in [0, 0.1) is 6.92 Å². The number of aromatic nitrogens is 3. The lowest BCUT2D eigenvalue weighted by molar-refractivity contribution is 0.0904. The Labute approximate surface area is 208 Å². The standard InChI is InChI=1S/C26H30N6O4/c1-19-8-9-22-21(16-19)32(26(34)35-22)18-23-28-25(36-29-23)24(33)27-10-5-11-30-12-14-31(15-13-30)17-20-6-3-2-4-7-20/h2-4,6-9,16H,5,10-15,17-18H2,1H3,(H,27,33). The van der Waals surface area contributed by atoms with Crippen LogP contribution in [0.15, 0.2) is 62.3 Å². The number of piperazine rings is 1. The molecule has 4 aromatic rings. The summed E-state index contributed by atoms with van der Waals surface area (Å²) < 4.78 is 11.8. The fourth-order valence-corrected chi connectivity index (χ4v) is 4.47. The molecule has 2 aromatic carbocycles. The van der Waals surface area contributed by atoms with E-state index in [2.05, 4.69) is 49.5 Å². The maximum atomic E-state index is 12.4. The zero-order valence-corrected chi connectivity index (χ0v) is 20.4. The van der Waals surface area contributed by atoms with Gasteiger partial charge in [-0.25, -0.2) is 4.79 Å². The number of aryl methyl sites for hydroxylation is 1. The van der Waals surface area contributed by atoms with Gasteiger partial charge < -0.3 is 19.2 Å². The predicted molar refractivity (Wildman–Crippen MR) is 134 cm³/mol. The Bertz CT molecular complexity index is 1370. The Kier molecular flexibility index (Phi) is 7.24. The number of hydrogen-bond acceptors (Lipinski definition) is 8. The number of nitrogens with one attached hydrogen (secondary N) is 1. The fourth-order valence-electron chi connectivity index (χ4n) is 4.47. The average Bonchev–Trinajstić information content (AvgIpc) is 3.48. The molecule has 0 unspecified atom stereocenters. The van der Waals surface area contributed by atoms with Gasteiger partial charge in [-0.3, -0.25) is 14.3 Å². The van der Waals surface area contributed by atoms with E-state index in [0.29, 0.717) is 17.6 Å². The number of rotatable bonds is 9. The third-order valence-corrected chi connectivity index (χ3v) is 6.44. The van der Waals surface area contributed by atoms with Crippen LogP contribution in [0.2, 0.25) is 0 Å². The van der Waals surface area contributed by atoms with Crippen LogP contribution in [-0.4, -0.2) is 69.7 Å². The van der Waals surface area contributed by atoms with Crippen LogP contribution in [-0.2, 0) is 13.1 Å². The van der Waals surface area contributed by atoms with Crippen molar-refractivity contribution in [1.29, 1.82) is 0 Å². The zero-order valence-electron chi connectivity index (χ0n) is 20.4. The highest BCUT2D eigenvalue weighted by molar-refractivity contribution is 5.89. The van der Waals surface area contributed by atoms with Crippen LogP contribution in [0.3, 0.4) is 0 Å². The van der Waals surface area contributed by atoms with Crippen LogP contribution in [0.1, 0.15) is 34.1 Å². The lowest BCUT2D eigenvalue weighted by Gasteiger charge is -2.34. The quantitative estimate of drug-likeness (QED) is 0.356. The number of nitrogens with zero attached hydrogens (tertiary/aromatic N) is 5. The molecular weight excluding hydrogens is 460 g/mol. The van der Waals surface area contributed by atoms with Crippen LogP contribution in [0.4, 0.5) is 0 Å². The Hall–Kier alpha value is -3.76. The molecule has 0 bridgehead atoms. The topological polar surface area (TPSA) is 110 Å². The van der Waals surface area contributed by atoms with E-state index in [1.165, 1.54) is 10.1 Å². The molecule has 1 N–H and O–H groups in total. The first-order valence-corrected chi connectivity index (χ1v) is 12.2. The SMILES string of the molecule is Cc1ccc2oc(=O)n(Cc3noc(C(=O)NCCCN4CCN(Cc5ccccc5)CC4)n3)c2c1. The van der Waals surface area contributed by atoms with Gasteiger partial charge in [0.15, 0.2) is 11.4 Å². The molecular formula is C26H30N6O4. The van der Waals surface area contributed by atoms with Crippen molar-refractivity contribution in [3.8, 4) is 0 Å². The molecule has 2 aromatic heterocycles. The van der Waals surface area contributed by atoms with Gasteiger partial charge >= 0.3 is 17.6 Å². The van der Waals surface area contributed by atoms with Gasteiger partial charge in [0, 0.05) is 39.3 Å². The molecule has 1 amide bonds. The van der Waals surface area contributed by atoms with E-state index in [9.17, 15) is 9.59 Å². The number of amides is 1. The van der Waals surface area contributed by atoms with Gasteiger partial charge in [-0.1, -0.05) is 41.6 Å². The molecule has 0 saturated carbocycles. The molecule has 10 heteroatoms. The second-order valence-corrected chi connectivity index (χ2v) is 9.15. The van der Waals surface area contributed by atoms with Gasteiger partial charge in [-0.15, -0.1) is 0 Å². The first-order valence-electron chi connectivity index (χ1n) is 12.2. The summed E-state index contributed by atoms with van der Waals surface area (Å²) in [5.41, 5.74) is 3.48. The third kappa shape index (κ3) is 5.72. The van der Waals surface area contributed by atoms with Crippen molar-refractivity contribution >= 4 is 17.0 Å². The van der Waals surface area contributed by atoms with Crippen molar-refractivity contribution in [3.05, 3.63) is 81.9 Å². The van der Waals surface area contributed by atoms with Gasteiger partial charge in [0.2, 0.25) is 0 Å².